The molecule has 0 saturated carbocycles. The molecule has 0 aliphatic carbocycles. The highest BCUT2D eigenvalue weighted by molar-refractivity contribution is 5.89. The first-order chi connectivity index (χ1) is 14.5. The number of hydrogen-bond donors (Lipinski definition) is 2. The molecule has 0 atom stereocenters. The van der Waals surface area contributed by atoms with E-state index in [4.69, 9.17) is 0 Å². The fraction of sp³-hybridized carbons (Fsp3) is 0.368. The van der Waals surface area contributed by atoms with Gasteiger partial charge in [-0.3, -0.25) is 4.79 Å². The molecule has 3 amide bonds. The van der Waals surface area contributed by atoms with Crippen molar-refractivity contribution in [3.05, 3.63) is 42.7 Å². The van der Waals surface area contributed by atoms with E-state index in [9.17, 15) is 18.4 Å². The molecular formula is C19H22F2N6O3. The highest BCUT2D eigenvalue weighted by Crippen LogP contribution is 2.17. The first kappa shape index (κ1) is 21.2. The number of urea groups is 1. The zero-order chi connectivity index (χ0) is 21.3. The van der Waals surface area contributed by atoms with Crippen molar-refractivity contribution in [2.75, 3.05) is 42.9 Å². The molecule has 2 aromatic rings. The van der Waals surface area contributed by atoms with Gasteiger partial charge in [-0.25, -0.2) is 14.8 Å². The maximum Gasteiger partial charge on any atom is 0.387 e. The topological polar surface area (TPSA) is 99.7 Å². The largest absolute Gasteiger partial charge is 0.435 e. The Morgan fingerprint density at radius 3 is 2.37 bits per heavy atom. The molecule has 1 fully saturated rings. The number of rotatable bonds is 7. The van der Waals surface area contributed by atoms with E-state index in [1.807, 2.05) is 4.90 Å². The van der Waals surface area contributed by atoms with Crippen LogP contribution in [0.5, 0.6) is 5.75 Å². The van der Waals surface area contributed by atoms with Crippen molar-refractivity contribution in [1.29, 1.82) is 0 Å². The molecule has 1 aliphatic heterocycles. The lowest BCUT2D eigenvalue weighted by atomic mass is 10.3. The van der Waals surface area contributed by atoms with Crippen molar-refractivity contribution < 1.29 is 23.1 Å². The fourth-order valence-electron chi connectivity index (χ4n) is 2.95. The number of carbonyl (C=O) groups excluding carboxylic acids is 2. The van der Waals surface area contributed by atoms with Crippen LogP contribution in [0.2, 0.25) is 0 Å². The van der Waals surface area contributed by atoms with E-state index >= 15 is 0 Å². The number of nitrogens with zero attached hydrogens (tertiary/aromatic N) is 4. The number of carbonyl (C=O) groups is 2. The van der Waals surface area contributed by atoms with Gasteiger partial charge in [0.25, 0.3) is 0 Å². The minimum atomic E-state index is -2.90. The Balaban J connectivity index is 1.35. The second-order valence-electron chi connectivity index (χ2n) is 6.45. The van der Waals surface area contributed by atoms with Gasteiger partial charge in [0, 0.05) is 57.2 Å². The van der Waals surface area contributed by atoms with Crippen LogP contribution in [0.15, 0.2) is 42.7 Å². The third kappa shape index (κ3) is 6.26. The average molecular weight is 420 g/mol. The summed E-state index contributed by atoms with van der Waals surface area (Å²) >= 11 is 0. The minimum absolute atomic E-state index is 0.000443. The number of amides is 3. The third-order valence-electron chi connectivity index (χ3n) is 4.43. The molecule has 0 spiro atoms. The van der Waals surface area contributed by atoms with Crippen LogP contribution in [0, 0.1) is 0 Å². The van der Waals surface area contributed by atoms with Gasteiger partial charge >= 0.3 is 12.6 Å². The summed E-state index contributed by atoms with van der Waals surface area (Å²) < 4.78 is 28.5. The van der Waals surface area contributed by atoms with Crippen molar-refractivity contribution in [2.24, 2.45) is 0 Å². The molecule has 30 heavy (non-hydrogen) atoms. The zero-order valence-corrected chi connectivity index (χ0v) is 16.1. The molecular weight excluding hydrogens is 398 g/mol. The lowest BCUT2D eigenvalue weighted by Crippen LogP contribution is -2.49. The number of aromatic nitrogens is 2. The molecule has 0 unspecified atom stereocenters. The maximum absolute atomic E-state index is 12.3. The zero-order valence-electron chi connectivity index (χ0n) is 16.1. The predicted octanol–water partition coefficient (Wildman–Crippen LogP) is 1.94. The highest BCUT2D eigenvalue weighted by Gasteiger charge is 2.22. The Kier molecular flexibility index (Phi) is 7.30. The second-order valence-corrected chi connectivity index (χ2v) is 6.45. The van der Waals surface area contributed by atoms with Gasteiger partial charge < -0.3 is 25.2 Å². The van der Waals surface area contributed by atoms with Gasteiger partial charge in [-0.1, -0.05) is 0 Å². The summed E-state index contributed by atoms with van der Waals surface area (Å²) in [4.78, 5) is 36.4. The van der Waals surface area contributed by atoms with Crippen molar-refractivity contribution in [2.45, 2.75) is 13.0 Å². The van der Waals surface area contributed by atoms with Crippen LogP contribution >= 0.6 is 0 Å². The molecule has 1 saturated heterocycles. The van der Waals surface area contributed by atoms with Gasteiger partial charge in [0.2, 0.25) is 11.9 Å². The molecule has 0 radical (unpaired) electrons. The standard InChI is InChI=1S/C19H22F2N6O3/c20-17(21)30-15-4-2-14(3-5-15)25-19(29)24-9-6-16(28)26-10-12-27(13-11-26)18-22-7-1-8-23-18/h1-5,7-8,17H,6,9-13H2,(H2,24,25,29). The average Bonchev–Trinajstić information content (AvgIpc) is 2.75. The number of ether oxygens (including phenoxy) is 1. The minimum Gasteiger partial charge on any atom is -0.435 e. The van der Waals surface area contributed by atoms with Crippen LogP contribution in [0.3, 0.4) is 0 Å². The van der Waals surface area contributed by atoms with E-state index in [1.165, 1.54) is 24.3 Å². The quantitative estimate of drug-likeness (QED) is 0.710. The fourth-order valence-corrected chi connectivity index (χ4v) is 2.95. The second kappa shape index (κ2) is 10.3. The molecule has 160 valence electrons. The number of benzene rings is 1. The summed E-state index contributed by atoms with van der Waals surface area (Å²) in [6, 6.07) is 6.80. The molecule has 1 aromatic heterocycles. The summed E-state index contributed by atoms with van der Waals surface area (Å²) in [5.74, 6) is 0.606. The number of anilines is 2. The van der Waals surface area contributed by atoms with Crippen molar-refractivity contribution in [3.63, 3.8) is 0 Å². The first-order valence-corrected chi connectivity index (χ1v) is 9.41. The molecule has 9 nitrogen and oxygen atoms in total. The SMILES string of the molecule is O=C(NCCC(=O)N1CCN(c2ncccn2)CC1)Nc1ccc(OC(F)F)cc1. The van der Waals surface area contributed by atoms with E-state index in [1.54, 1.807) is 23.4 Å². The van der Waals surface area contributed by atoms with Gasteiger partial charge in [0.1, 0.15) is 5.75 Å². The van der Waals surface area contributed by atoms with Crippen molar-refractivity contribution in [3.8, 4) is 5.75 Å². The van der Waals surface area contributed by atoms with Crippen LogP contribution in [0.1, 0.15) is 6.42 Å². The molecule has 1 aromatic carbocycles. The van der Waals surface area contributed by atoms with Crippen LogP contribution in [-0.2, 0) is 4.79 Å². The molecule has 2 heterocycles. The summed E-state index contributed by atoms with van der Waals surface area (Å²) in [7, 11) is 0. The summed E-state index contributed by atoms with van der Waals surface area (Å²) in [6.07, 6.45) is 3.54. The van der Waals surface area contributed by atoms with Gasteiger partial charge in [0.15, 0.2) is 0 Å². The number of hydrogen-bond acceptors (Lipinski definition) is 6. The first-order valence-electron chi connectivity index (χ1n) is 9.41. The van der Waals surface area contributed by atoms with E-state index < -0.39 is 12.6 Å². The Morgan fingerprint density at radius 1 is 1.07 bits per heavy atom. The Morgan fingerprint density at radius 2 is 1.73 bits per heavy atom. The monoisotopic (exact) mass is 420 g/mol. The van der Waals surface area contributed by atoms with Crippen LogP contribution in [0.4, 0.5) is 25.2 Å². The van der Waals surface area contributed by atoms with E-state index in [2.05, 4.69) is 25.3 Å². The summed E-state index contributed by atoms with van der Waals surface area (Å²) in [5.41, 5.74) is 0.416. The van der Waals surface area contributed by atoms with Crippen LogP contribution in [-0.4, -0.2) is 66.1 Å². The van der Waals surface area contributed by atoms with Gasteiger partial charge in [-0.15, -0.1) is 0 Å². The van der Waals surface area contributed by atoms with Gasteiger partial charge in [-0.05, 0) is 30.3 Å². The summed E-state index contributed by atoms with van der Waals surface area (Å²) in [5, 5.41) is 5.16. The Bertz CT molecular complexity index is 830. The van der Waals surface area contributed by atoms with E-state index in [0.29, 0.717) is 37.8 Å². The maximum atomic E-state index is 12.3. The Hall–Kier alpha value is -3.50. The lowest BCUT2D eigenvalue weighted by Gasteiger charge is -2.34. The van der Waals surface area contributed by atoms with Gasteiger partial charge in [0.05, 0.1) is 0 Å². The molecule has 11 heteroatoms. The van der Waals surface area contributed by atoms with E-state index in [-0.39, 0.29) is 24.6 Å². The van der Waals surface area contributed by atoms with E-state index in [0.717, 1.165) is 0 Å². The molecule has 0 bridgehead atoms. The number of nitrogens with one attached hydrogen (secondary N) is 2. The van der Waals surface area contributed by atoms with Crippen LogP contribution < -0.4 is 20.3 Å². The number of piperazine rings is 1. The lowest BCUT2D eigenvalue weighted by molar-refractivity contribution is -0.131. The normalized spacial score (nSPS) is 13.8. The number of alkyl halides is 2. The smallest absolute Gasteiger partial charge is 0.387 e. The molecule has 2 N–H and O–H groups in total. The number of halogens is 2. The summed E-state index contributed by atoms with van der Waals surface area (Å²) in [6.45, 7) is -0.297. The molecule has 3 rings (SSSR count). The highest BCUT2D eigenvalue weighted by atomic mass is 19.3. The third-order valence-corrected chi connectivity index (χ3v) is 4.43. The predicted molar refractivity (Wildman–Crippen MR) is 106 cm³/mol. The van der Waals surface area contributed by atoms with Crippen molar-refractivity contribution >= 4 is 23.6 Å². The Labute approximate surface area is 172 Å². The van der Waals surface area contributed by atoms with Gasteiger partial charge in [-0.2, -0.15) is 8.78 Å². The van der Waals surface area contributed by atoms with Crippen LogP contribution in [0.25, 0.3) is 0 Å². The van der Waals surface area contributed by atoms with Crippen molar-refractivity contribution in [1.82, 2.24) is 20.2 Å². The molecule has 1 aliphatic rings.